The summed E-state index contributed by atoms with van der Waals surface area (Å²) in [4.78, 5) is 2.70. The summed E-state index contributed by atoms with van der Waals surface area (Å²) in [5, 5.41) is 6.51. The molecule has 67 heavy (non-hydrogen) atoms. The van der Waals surface area contributed by atoms with Crippen LogP contribution in [0.3, 0.4) is 0 Å². The molecule has 0 amide bonds. The molecule has 0 atom stereocenters. The first-order valence-corrected chi connectivity index (χ1v) is 25.0. The van der Waals surface area contributed by atoms with Crippen LogP contribution in [0, 0.1) is 0 Å². The van der Waals surface area contributed by atoms with Gasteiger partial charge in [0.25, 0.3) is 6.71 Å². The molecule has 0 N–H and O–H groups in total. The van der Waals surface area contributed by atoms with E-state index >= 15 is 0 Å². The van der Waals surface area contributed by atoms with Crippen LogP contribution in [0.1, 0.15) is 78.0 Å². The van der Waals surface area contributed by atoms with Crippen molar-refractivity contribution >= 4 is 105 Å². The Hall–Kier alpha value is -6.82. The van der Waals surface area contributed by atoms with Gasteiger partial charge >= 0.3 is 0 Å². The number of thiophene rings is 1. The van der Waals surface area contributed by atoms with Gasteiger partial charge in [-0.15, -0.1) is 11.3 Å². The van der Waals surface area contributed by atoms with Crippen molar-refractivity contribution in [2.75, 3.05) is 4.90 Å². The molecule has 0 spiro atoms. The van der Waals surface area contributed by atoms with Crippen molar-refractivity contribution in [3.05, 3.63) is 180 Å². The summed E-state index contributed by atoms with van der Waals surface area (Å²) >= 11 is 2.00. The van der Waals surface area contributed by atoms with E-state index in [4.69, 9.17) is 0 Å². The summed E-state index contributed by atoms with van der Waals surface area (Å²) < 4.78 is 7.93. The molecule has 0 saturated carbocycles. The molecule has 3 aromatic heterocycles. The maximum atomic E-state index is 2.70. The normalized spacial score (nSPS) is 15.7. The van der Waals surface area contributed by atoms with Gasteiger partial charge in [0.2, 0.25) is 0 Å². The lowest BCUT2D eigenvalue weighted by atomic mass is 9.36. The number of aromatic nitrogens is 2. The molecule has 3 aliphatic rings. The number of benzene rings is 8. The lowest BCUT2D eigenvalue weighted by Crippen LogP contribution is -2.59. The third-order valence-electron chi connectivity index (χ3n) is 16.1. The Morgan fingerprint density at radius 1 is 0.522 bits per heavy atom. The molecule has 5 heteroatoms. The predicted octanol–water partition coefficient (Wildman–Crippen LogP) is 15.0. The van der Waals surface area contributed by atoms with Crippen molar-refractivity contribution in [2.45, 2.75) is 77.6 Å². The van der Waals surface area contributed by atoms with Gasteiger partial charge in [-0.1, -0.05) is 152 Å². The van der Waals surface area contributed by atoms with Crippen LogP contribution in [0.4, 0.5) is 17.1 Å². The molecule has 324 valence electrons. The largest absolute Gasteiger partial charge is 0.310 e. The fourth-order valence-corrected chi connectivity index (χ4v) is 13.9. The molecule has 0 saturated heterocycles. The summed E-state index contributed by atoms with van der Waals surface area (Å²) in [6.07, 6.45) is 2.36. The predicted molar refractivity (Wildman–Crippen MR) is 289 cm³/mol. The Labute approximate surface area is 397 Å². The molecule has 14 rings (SSSR count). The highest BCUT2D eigenvalue weighted by Gasteiger charge is 2.46. The zero-order chi connectivity index (χ0) is 45.3. The van der Waals surface area contributed by atoms with Crippen LogP contribution in [0.25, 0.3) is 76.2 Å². The maximum Gasteiger partial charge on any atom is 0.264 e. The van der Waals surface area contributed by atoms with Crippen LogP contribution in [-0.4, -0.2) is 15.8 Å². The van der Waals surface area contributed by atoms with E-state index in [1.807, 2.05) is 11.3 Å². The first-order valence-electron chi connectivity index (χ1n) is 24.2. The van der Waals surface area contributed by atoms with E-state index in [1.165, 1.54) is 138 Å². The summed E-state index contributed by atoms with van der Waals surface area (Å²) in [5.41, 5.74) is 21.0. The number of hydrogen-bond donors (Lipinski definition) is 0. The number of para-hydroxylation sites is 3. The van der Waals surface area contributed by atoms with Gasteiger partial charge in [-0.25, -0.2) is 0 Å². The molecule has 0 bridgehead atoms. The molecule has 11 aromatic rings. The van der Waals surface area contributed by atoms with E-state index in [2.05, 4.69) is 226 Å². The smallest absolute Gasteiger partial charge is 0.264 e. The minimum absolute atomic E-state index is 0.00181. The van der Waals surface area contributed by atoms with Gasteiger partial charge in [-0.05, 0) is 128 Å². The maximum absolute atomic E-state index is 2.70. The van der Waals surface area contributed by atoms with Gasteiger partial charge in [0.05, 0.1) is 22.2 Å². The third-order valence-corrected chi connectivity index (χ3v) is 17.3. The second kappa shape index (κ2) is 13.4. The Morgan fingerprint density at radius 2 is 1.22 bits per heavy atom. The third kappa shape index (κ3) is 5.35. The monoisotopic (exact) mass is 881 g/mol. The van der Waals surface area contributed by atoms with Crippen LogP contribution >= 0.6 is 11.3 Å². The van der Waals surface area contributed by atoms with Crippen LogP contribution in [0.15, 0.2) is 164 Å². The zero-order valence-corrected chi connectivity index (χ0v) is 40.1. The highest BCUT2D eigenvalue weighted by atomic mass is 32.1. The fraction of sp³-hybridized carbons (Fsp3) is 0.194. The first kappa shape index (κ1) is 39.4. The van der Waals surface area contributed by atoms with Crippen LogP contribution in [0.2, 0.25) is 0 Å². The van der Waals surface area contributed by atoms with Crippen LogP contribution in [-0.2, 0) is 16.2 Å². The molecule has 0 radical (unpaired) electrons. The van der Waals surface area contributed by atoms with E-state index in [-0.39, 0.29) is 23.0 Å². The molecule has 1 aliphatic carbocycles. The Kier molecular flexibility index (Phi) is 7.88. The van der Waals surface area contributed by atoms with E-state index < -0.39 is 0 Å². The molecule has 8 aromatic carbocycles. The highest BCUT2D eigenvalue weighted by Crippen LogP contribution is 2.52. The van der Waals surface area contributed by atoms with Crippen molar-refractivity contribution in [1.29, 1.82) is 0 Å². The summed E-state index contributed by atoms with van der Waals surface area (Å²) in [5.74, 6) is 0. The minimum atomic E-state index is 0.00181. The molecule has 0 unspecified atom stereocenters. The molecular formula is C62H52BN3S. The summed E-state index contributed by atoms with van der Waals surface area (Å²) in [7, 11) is 0. The molecule has 2 aliphatic heterocycles. The summed E-state index contributed by atoms with van der Waals surface area (Å²) in [6.45, 7) is 16.9. The van der Waals surface area contributed by atoms with Gasteiger partial charge in [0, 0.05) is 64.7 Å². The van der Waals surface area contributed by atoms with Gasteiger partial charge in [0.1, 0.15) is 0 Å². The molecular weight excluding hydrogens is 830 g/mol. The zero-order valence-electron chi connectivity index (χ0n) is 39.3. The SMILES string of the molecule is CC(C)(C)c1ccc2sc3c(c2c1)N(c1ccc2c(c1)C(C)(C)CCC2(C)C)c1cc(-c2ccccc2)cc2c1B3c1cccc3c4ccc5c(c6ccccc6n5-c5ccccc5)c4n-2c13. The van der Waals surface area contributed by atoms with Crippen molar-refractivity contribution in [3.8, 4) is 22.5 Å². The highest BCUT2D eigenvalue weighted by molar-refractivity contribution is 7.33. The number of hydrogen-bond acceptors (Lipinski definition) is 2. The van der Waals surface area contributed by atoms with Gasteiger partial charge in [-0.2, -0.15) is 0 Å². The van der Waals surface area contributed by atoms with E-state index in [0.29, 0.717) is 0 Å². The van der Waals surface area contributed by atoms with Gasteiger partial charge in [0.15, 0.2) is 0 Å². The minimum Gasteiger partial charge on any atom is -0.310 e. The first-order chi connectivity index (χ1) is 32.4. The van der Waals surface area contributed by atoms with Crippen molar-refractivity contribution in [3.63, 3.8) is 0 Å². The number of fused-ring (bicyclic) bond motifs is 14. The number of anilines is 3. The Balaban J connectivity index is 1.17. The Morgan fingerprint density at radius 3 is 2.01 bits per heavy atom. The van der Waals surface area contributed by atoms with Crippen molar-refractivity contribution in [2.24, 2.45) is 0 Å². The number of rotatable bonds is 3. The topological polar surface area (TPSA) is 13.1 Å². The second-order valence-electron chi connectivity index (χ2n) is 22.0. The average molecular weight is 882 g/mol. The second-order valence-corrected chi connectivity index (χ2v) is 23.0. The van der Waals surface area contributed by atoms with Crippen molar-refractivity contribution < 1.29 is 0 Å². The van der Waals surface area contributed by atoms with E-state index in [1.54, 1.807) is 0 Å². The standard InChI is InChI=1S/C62H52BN3S/c1-60(2,3)39-25-30-53-45(35-39)58-59(67-53)63-48-23-16-22-42-43-27-29-50-54(44-21-14-15-24-49(44)64(50)40-19-12-9-13-20-40)57(43)66(56(42)48)52-34-38(37-17-10-8-11-18-37)33-51(55(52)63)65(58)41-26-28-46-47(36-41)62(6,7)32-31-61(46,4)5/h8-30,33-36H,31-32H2,1-7H3. The fourth-order valence-electron chi connectivity index (χ4n) is 12.6. The quantitative estimate of drug-likeness (QED) is 0.161. The van der Waals surface area contributed by atoms with Crippen LogP contribution < -0.4 is 20.6 Å². The van der Waals surface area contributed by atoms with Crippen molar-refractivity contribution in [1.82, 2.24) is 9.13 Å². The van der Waals surface area contributed by atoms with E-state index in [9.17, 15) is 0 Å². The van der Waals surface area contributed by atoms with E-state index in [0.717, 1.165) is 0 Å². The lowest BCUT2D eigenvalue weighted by Gasteiger charge is -2.43. The molecule has 5 heterocycles. The average Bonchev–Trinajstić information content (AvgIpc) is 4.00. The molecule has 3 nitrogen and oxygen atoms in total. The van der Waals surface area contributed by atoms with Gasteiger partial charge in [-0.3, -0.25) is 0 Å². The Bertz CT molecular complexity index is 3910. The lowest BCUT2D eigenvalue weighted by molar-refractivity contribution is 0.332. The van der Waals surface area contributed by atoms with Crippen LogP contribution in [0.5, 0.6) is 0 Å². The summed E-state index contributed by atoms with van der Waals surface area (Å²) in [6, 6.07) is 62.8. The van der Waals surface area contributed by atoms with Gasteiger partial charge < -0.3 is 14.0 Å². The number of nitrogens with zero attached hydrogens (tertiary/aromatic N) is 3. The molecule has 0 fully saturated rings.